The molecule has 1 aromatic carbocycles. The number of aryl methyl sites for hydroxylation is 1. The molecular weight excluding hydrogens is 358 g/mol. The number of hydrogen-bond acceptors (Lipinski definition) is 3. The summed E-state index contributed by atoms with van der Waals surface area (Å²) in [6.07, 6.45) is 10.0. The Morgan fingerprint density at radius 1 is 1.17 bits per heavy atom. The lowest BCUT2D eigenvalue weighted by Crippen LogP contribution is -2.40. The van der Waals surface area contributed by atoms with Crippen molar-refractivity contribution in [2.75, 3.05) is 32.8 Å². The van der Waals surface area contributed by atoms with Crippen LogP contribution in [0.2, 0.25) is 0 Å². The predicted octanol–water partition coefficient (Wildman–Crippen LogP) is 5.53. The van der Waals surface area contributed by atoms with Gasteiger partial charge in [0.1, 0.15) is 5.75 Å². The number of allylic oxidation sites excluding steroid dienone is 1. The Balaban J connectivity index is 1.40. The van der Waals surface area contributed by atoms with Crippen LogP contribution in [0.15, 0.2) is 29.8 Å². The Kier molecular flexibility index (Phi) is 6.36. The van der Waals surface area contributed by atoms with Crippen molar-refractivity contribution in [2.45, 2.75) is 65.2 Å². The van der Waals surface area contributed by atoms with E-state index >= 15 is 0 Å². The maximum absolute atomic E-state index is 9.87. The molecule has 160 valence electrons. The quantitative estimate of drug-likeness (QED) is 0.485. The molecule has 2 saturated carbocycles. The van der Waals surface area contributed by atoms with Crippen LogP contribution in [0, 0.1) is 17.3 Å². The molecule has 0 radical (unpaired) electrons. The number of ether oxygens (including phenoxy) is 1. The van der Waals surface area contributed by atoms with Crippen molar-refractivity contribution in [3.05, 3.63) is 41.0 Å². The molecule has 29 heavy (non-hydrogen) atoms. The molecule has 0 spiro atoms. The minimum atomic E-state index is 0.373. The first kappa shape index (κ1) is 20.9. The lowest BCUT2D eigenvalue weighted by molar-refractivity contribution is 0.0799. The van der Waals surface area contributed by atoms with Crippen LogP contribution in [0.25, 0.3) is 0 Å². The molecule has 0 unspecified atom stereocenters. The van der Waals surface area contributed by atoms with E-state index in [1.165, 1.54) is 43.2 Å². The van der Waals surface area contributed by atoms with Gasteiger partial charge in [0.05, 0.1) is 13.2 Å². The zero-order valence-corrected chi connectivity index (χ0v) is 18.6. The second kappa shape index (κ2) is 8.81. The number of phenolic OH excluding ortho intramolecular Hbond substituents is 1. The fourth-order valence-electron chi connectivity index (χ4n) is 6.73. The highest BCUT2D eigenvalue weighted by Gasteiger charge is 2.52. The summed E-state index contributed by atoms with van der Waals surface area (Å²) in [5.74, 6) is 2.74. The second-order valence-corrected chi connectivity index (χ2v) is 9.62. The number of fused-ring (bicyclic) bond motifs is 5. The van der Waals surface area contributed by atoms with Crippen molar-refractivity contribution in [2.24, 2.45) is 17.3 Å². The zero-order valence-electron chi connectivity index (χ0n) is 18.6. The van der Waals surface area contributed by atoms with Gasteiger partial charge in [-0.3, -0.25) is 0 Å². The summed E-state index contributed by atoms with van der Waals surface area (Å²) in [7, 11) is 0. The normalized spacial score (nSPS) is 32.3. The number of likely N-dealkylation sites (N-methyl/N-ethyl adjacent to an activating group) is 1. The molecule has 3 heteroatoms. The predicted molar refractivity (Wildman–Crippen MR) is 119 cm³/mol. The molecular formula is C26H39NO2. The van der Waals surface area contributed by atoms with E-state index in [1.54, 1.807) is 5.57 Å². The van der Waals surface area contributed by atoms with Crippen molar-refractivity contribution in [1.29, 1.82) is 0 Å². The number of phenols is 1. The maximum atomic E-state index is 9.87. The summed E-state index contributed by atoms with van der Waals surface area (Å²) in [5.41, 5.74) is 4.96. The van der Waals surface area contributed by atoms with Crippen molar-refractivity contribution in [3.8, 4) is 5.75 Å². The first-order valence-corrected chi connectivity index (χ1v) is 11.9. The molecule has 4 atom stereocenters. The summed E-state index contributed by atoms with van der Waals surface area (Å²) in [6.45, 7) is 11.8. The Labute approximate surface area is 177 Å². The Morgan fingerprint density at radius 3 is 2.79 bits per heavy atom. The Hall–Kier alpha value is -1.32. The molecule has 3 nitrogen and oxygen atoms in total. The second-order valence-electron chi connectivity index (χ2n) is 9.62. The van der Waals surface area contributed by atoms with Gasteiger partial charge in [-0.1, -0.05) is 38.5 Å². The van der Waals surface area contributed by atoms with Crippen LogP contribution in [0.4, 0.5) is 0 Å². The molecule has 0 bridgehead atoms. The number of aromatic hydroxyl groups is 1. The van der Waals surface area contributed by atoms with Crippen molar-refractivity contribution in [1.82, 2.24) is 4.90 Å². The van der Waals surface area contributed by atoms with E-state index in [9.17, 15) is 5.11 Å². The van der Waals surface area contributed by atoms with Crippen LogP contribution in [-0.2, 0) is 11.2 Å². The van der Waals surface area contributed by atoms with E-state index in [0.717, 1.165) is 51.1 Å². The fraction of sp³-hybridized carbons (Fsp3) is 0.692. The van der Waals surface area contributed by atoms with Gasteiger partial charge in [0.2, 0.25) is 0 Å². The Bertz CT molecular complexity index is 738. The first-order valence-electron chi connectivity index (χ1n) is 11.9. The highest BCUT2D eigenvalue weighted by atomic mass is 16.5. The summed E-state index contributed by atoms with van der Waals surface area (Å²) in [6, 6.07) is 6.11. The van der Waals surface area contributed by atoms with Crippen LogP contribution in [0.1, 0.15) is 69.9 Å². The Morgan fingerprint density at radius 2 is 2.00 bits per heavy atom. The van der Waals surface area contributed by atoms with Gasteiger partial charge in [-0.05, 0) is 98.0 Å². The lowest BCUT2D eigenvalue weighted by Gasteiger charge is -2.49. The zero-order chi connectivity index (χ0) is 20.4. The van der Waals surface area contributed by atoms with Crippen molar-refractivity contribution >= 4 is 0 Å². The largest absolute Gasteiger partial charge is 0.508 e. The molecule has 3 aliphatic rings. The van der Waals surface area contributed by atoms with Crippen LogP contribution in [0.3, 0.4) is 0 Å². The fourth-order valence-corrected chi connectivity index (χ4v) is 6.73. The molecule has 0 aromatic heterocycles. The third kappa shape index (κ3) is 4.01. The molecule has 0 saturated heterocycles. The average molecular weight is 398 g/mol. The molecule has 4 rings (SSSR count). The SMILES string of the molecule is CCN(CC)CCOCC=C1CC[C@H]2[C@@H]3CCc4cc(O)ccc4[C@H]3CC[C@]12C. The number of benzene rings is 1. The van der Waals surface area contributed by atoms with Crippen LogP contribution in [0.5, 0.6) is 5.75 Å². The van der Waals surface area contributed by atoms with Crippen LogP contribution in [-0.4, -0.2) is 42.9 Å². The molecule has 0 aliphatic heterocycles. The molecule has 0 amide bonds. The lowest BCUT2D eigenvalue weighted by atomic mass is 9.55. The van der Waals surface area contributed by atoms with Crippen molar-refractivity contribution < 1.29 is 9.84 Å². The van der Waals surface area contributed by atoms with E-state index in [2.05, 4.69) is 37.8 Å². The summed E-state index contributed by atoms with van der Waals surface area (Å²) >= 11 is 0. The van der Waals surface area contributed by atoms with E-state index in [-0.39, 0.29) is 0 Å². The van der Waals surface area contributed by atoms with Crippen LogP contribution >= 0.6 is 0 Å². The number of hydrogen-bond donors (Lipinski definition) is 1. The van der Waals surface area contributed by atoms with Gasteiger partial charge in [0, 0.05) is 6.54 Å². The number of nitrogens with zero attached hydrogens (tertiary/aromatic N) is 1. The van der Waals surface area contributed by atoms with E-state index in [4.69, 9.17) is 4.74 Å². The number of rotatable bonds is 7. The van der Waals surface area contributed by atoms with Gasteiger partial charge in [0.15, 0.2) is 0 Å². The van der Waals surface area contributed by atoms with Crippen LogP contribution < -0.4 is 0 Å². The molecule has 1 N–H and O–H groups in total. The molecule has 3 aliphatic carbocycles. The monoisotopic (exact) mass is 397 g/mol. The third-order valence-electron chi connectivity index (χ3n) is 8.45. The first-order chi connectivity index (χ1) is 14.1. The van der Waals surface area contributed by atoms with Crippen molar-refractivity contribution in [3.63, 3.8) is 0 Å². The smallest absolute Gasteiger partial charge is 0.115 e. The van der Waals surface area contributed by atoms with E-state index in [1.807, 2.05) is 12.1 Å². The van der Waals surface area contributed by atoms with Gasteiger partial charge in [0.25, 0.3) is 0 Å². The van der Waals surface area contributed by atoms with Gasteiger partial charge in [-0.2, -0.15) is 0 Å². The highest BCUT2D eigenvalue weighted by Crippen LogP contribution is 2.62. The highest BCUT2D eigenvalue weighted by molar-refractivity contribution is 5.40. The third-order valence-corrected chi connectivity index (χ3v) is 8.45. The summed E-state index contributed by atoms with van der Waals surface area (Å²) in [5, 5.41) is 9.87. The minimum absolute atomic E-state index is 0.373. The van der Waals surface area contributed by atoms with Gasteiger partial charge >= 0.3 is 0 Å². The minimum Gasteiger partial charge on any atom is -0.508 e. The van der Waals surface area contributed by atoms with E-state index < -0.39 is 0 Å². The van der Waals surface area contributed by atoms with Gasteiger partial charge < -0.3 is 14.7 Å². The molecule has 0 heterocycles. The standard InChI is InChI=1S/C26H39NO2/c1-4-27(5-2)15-17-29-16-13-20-7-11-25-24-9-6-19-18-21(28)8-10-22(19)23(24)12-14-26(20,25)3/h8,10,13,18,23-25,28H,4-7,9,11-12,14-17H2,1-3H3/t23-,24-,25+,26-/m1/s1. The average Bonchev–Trinajstić information content (AvgIpc) is 3.06. The van der Waals surface area contributed by atoms with Gasteiger partial charge in [-0.15, -0.1) is 0 Å². The van der Waals surface area contributed by atoms with Gasteiger partial charge in [-0.25, -0.2) is 0 Å². The maximum Gasteiger partial charge on any atom is 0.115 e. The molecule has 1 aromatic rings. The van der Waals surface area contributed by atoms with E-state index in [0.29, 0.717) is 17.1 Å². The summed E-state index contributed by atoms with van der Waals surface area (Å²) < 4.78 is 5.98. The summed E-state index contributed by atoms with van der Waals surface area (Å²) in [4.78, 5) is 2.42. The molecule has 2 fully saturated rings. The topological polar surface area (TPSA) is 32.7 Å².